The molecule has 0 spiro atoms. The van der Waals surface area contributed by atoms with Gasteiger partial charge in [-0.1, -0.05) is 39.8 Å². The van der Waals surface area contributed by atoms with Gasteiger partial charge in [0, 0.05) is 15.7 Å². The van der Waals surface area contributed by atoms with E-state index in [4.69, 9.17) is 22.7 Å². The molecule has 0 atom stereocenters. The molecule has 0 fully saturated rings. The SMILES string of the molecule is COc1ccc(Br)cc1Nc1ccc(C)cc1C(N)=S. The molecule has 3 nitrogen and oxygen atoms in total. The molecular weight excluding hydrogens is 336 g/mol. The molecule has 0 aliphatic heterocycles. The third-order valence-electron chi connectivity index (χ3n) is 2.87. The smallest absolute Gasteiger partial charge is 0.142 e. The Morgan fingerprint density at radius 2 is 1.95 bits per heavy atom. The third-order valence-corrected chi connectivity index (χ3v) is 3.58. The second-order valence-corrected chi connectivity index (χ2v) is 5.74. The van der Waals surface area contributed by atoms with Gasteiger partial charge in [0.25, 0.3) is 0 Å². The van der Waals surface area contributed by atoms with Crippen LogP contribution >= 0.6 is 28.1 Å². The van der Waals surface area contributed by atoms with Gasteiger partial charge >= 0.3 is 0 Å². The molecule has 104 valence electrons. The first-order valence-electron chi connectivity index (χ1n) is 6.02. The fraction of sp³-hybridized carbons (Fsp3) is 0.133. The number of hydrogen-bond acceptors (Lipinski definition) is 3. The van der Waals surface area contributed by atoms with E-state index >= 15 is 0 Å². The van der Waals surface area contributed by atoms with Crippen LogP contribution in [0.3, 0.4) is 0 Å². The Hall–Kier alpha value is -1.59. The monoisotopic (exact) mass is 350 g/mol. The lowest BCUT2D eigenvalue weighted by Gasteiger charge is -2.15. The molecule has 5 heteroatoms. The summed E-state index contributed by atoms with van der Waals surface area (Å²) < 4.78 is 6.31. The van der Waals surface area contributed by atoms with Crippen molar-refractivity contribution in [1.82, 2.24) is 0 Å². The Bertz CT molecular complexity index is 658. The van der Waals surface area contributed by atoms with Gasteiger partial charge in [0.05, 0.1) is 12.8 Å². The molecule has 2 rings (SSSR count). The van der Waals surface area contributed by atoms with E-state index < -0.39 is 0 Å². The van der Waals surface area contributed by atoms with Crippen molar-refractivity contribution < 1.29 is 4.74 Å². The molecule has 2 aromatic rings. The van der Waals surface area contributed by atoms with Gasteiger partial charge in [0.2, 0.25) is 0 Å². The van der Waals surface area contributed by atoms with Gasteiger partial charge in [-0.3, -0.25) is 0 Å². The van der Waals surface area contributed by atoms with Gasteiger partial charge in [0.1, 0.15) is 10.7 Å². The highest BCUT2D eigenvalue weighted by molar-refractivity contribution is 9.10. The van der Waals surface area contributed by atoms with Crippen LogP contribution in [0, 0.1) is 6.92 Å². The van der Waals surface area contributed by atoms with E-state index in [1.54, 1.807) is 7.11 Å². The highest BCUT2D eigenvalue weighted by Crippen LogP contribution is 2.32. The summed E-state index contributed by atoms with van der Waals surface area (Å²) in [5.41, 5.74) is 9.43. The minimum absolute atomic E-state index is 0.366. The van der Waals surface area contributed by atoms with Crippen LogP contribution in [0.5, 0.6) is 5.75 Å². The molecule has 0 unspecified atom stereocenters. The zero-order valence-corrected chi connectivity index (χ0v) is 13.6. The van der Waals surface area contributed by atoms with E-state index in [0.29, 0.717) is 4.99 Å². The van der Waals surface area contributed by atoms with E-state index in [1.807, 2.05) is 43.3 Å². The van der Waals surface area contributed by atoms with Crippen LogP contribution in [0.1, 0.15) is 11.1 Å². The Kier molecular flexibility index (Phi) is 4.62. The lowest BCUT2D eigenvalue weighted by molar-refractivity contribution is 0.417. The molecule has 0 radical (unpaired) electrons. The fourth-order valence-corrected chi connectivity index (χ4v) is 2.42. The summed E-state index contributed by atoms with van der Waals surface area (Å²) in [5.74, 6) is 0.752. The van der Waals surface area contributed by atoms with Crippen LogP contribution in [-0.2, 0) is 0 Å². The molecule has 0 bridgehead atoms. The van der Waals surface area contributed by atoms with E-state index in [-0.39, 0.29) is 0 Å². The highest BCUT2D eigenvalue weighted by Gasteiger charge is 2.09. The van der Waals surface area contributed by atoms with Crippen LogP contribution < -0.4 is 15.8 Å². The van der Waals surface area contributed by atoms with E-state index in [0.717, 1.165) is 32.7 Å². The molecule has 0 aromatic heterocycles. The number of thiocarbonyl (C=S) groups is 1. The van der Waals surface area contributed by atoms with Crippen molar-refractivity contribution in [2.75, 3.05) is 12.4 Å². The number of nitrogens with two attached hydrogens (primary N) is 1. The number of methoxy groups -OCH3 is 1. The van der Waals surface area contributed by atoms with Crippen molar-refractivity contribution in [3.8, 4) is 5.75 Å². The molecule has 0 aliphatic rings. The van der Waals surface area contributed by atoms with Gasteiger partial charge in [-0.2, -0.15) is 0 Å². The predicted octanol–water partition coefficient (Wildman–Crippen LogP) is 4.14. The van der Waals surface area contributed by atoms with Crippen LogP contribution in [0.4, 0.5) is 11.4 Å². The summed E-state index contributed by atoms with van der Waals surface area (Å²) in [4.78, 5) is 0.366. The Morgan fingerprint density at radius 3 is 2.60 bits per heavy atom. The number of rotatable bonds is 4. The number of hydrogen-bond donors (Lipinski definition) is 2. The van der Waals surface area contributed by atoms with Gasteiger partial charge in [0.15, 0.2) is 0 Å². The zero-order valence-electron chi connectivity index (χ0n) is 11.2. The summed E-state index contributed by atoms with van der Waals surface area (Å²) in [7, 11) is 1.64. The number of aryl methyl sites for hydroxylation is 1. The van der Waals surface area contributed by atoms with Crippen LogP contribution in [0.2, 0.25) is 0 Å². The first kappa shape index (κ1) is 14.8. The lowest BCUT2D eigenvalue weighted by Crippen LogP contribution is -2.12. The first-order chi connectivity index (χ1) is 9.51. The standard InChI is InChI=1S/C15H15BrN2OS/c1-9-3-5-12(11(7-9)15(17)20)18-13-8-10(16)4-6-14(13)19-2/h3-8,18H,1-2H3,(H2,17,20). The molecule has 3 N–H and O–H groups in total. The van der Waals surface area contributed by atoms with Crippen LogP contribution in [0.25, 0.3) is 0 Å². The second-order valence-electron chi connectivity index (χ2n) is 4.38. The van der Waals surface area contributed by atoms with Gasteiger partial charge in [-0.05, 0) is 37.3 Å². The topological polar surface area (TPSA) is 47.3 Å². The van der Waals surface area contributed by atoms with Crippen LogP contribution in [0.15, 0.2) is 40.9 Å². The molecule has 0 heterocycles. The van der Waals surface area contributed by atoms with E-state index in [9.17, 15) is 0 Å². The number of anilines is 2. The van der Waals surface area contributed by atoms with Crippen molar-refractivity contribution in [3.05, 3.63) is 52.0 Å². The first-order valence-corrected chi connectivity index (χ1v) is 7.22. The van der Waals surface area contributed by atoms with Crippen molar-refractivity contribution in [2.45, 2.75) is 6.92 Å². The Morgan fingerprint density at radius 1 is 1.20 bits per heavy atom. The highest BCUT2D eigenvalue weighted by atomic mass is 79.9. The molecule has 2 aromatic carbocycles. The Balaban J connectivity index is 2.44. The van der Waals surface area contributed by atoms with Crippen molar-refractivity contribution in [1.29, 1.82) is 0 Å². The minimum atomic E-state index is 0.366. The minimum Gasteiger partial charge on any atom is -0.495 e. The van der Waals surface area contributed by atoms with Crippen molar-refractivity contribution in [3.63, 3.8) is 0 Å². The average Bonchev–Trinajstić information content (AvgIpc) is 2.41. The fourth-order valence-electron chi connectivity index (χ4n) is 1.89. The normalized spacial score (nSPS) is 10.2. The van der Waals surface area contributed by atoms with E-state index in [2.05, 4.69) is 21.2 Å². The maximum absolute atomic E-state index is 5.79. The van der Waals surface area contributed by atoms with Crippen LogP contribution in [-0.4, -0.2) is 12.1 Å². The molecule has 0 saturated heterocycles. The average molecular weight is 351 g/mol. The molecule has 20 heavy (non-hydrogen) atoms. The second kappa shape index (κ2) is 6.24. The van der Waals surface area contributed by atoms with Crippen molar-refractivity contribution in [2.24, 2.45) is 5.73 Å². The lowest BCUT2D eigenvalue weighted by atomic mass is 10.1. The quantitative estimate of drug-likeness (QED) is 0.813. The Labute approximate surface area is 132 Å². The summed E-state index contributed by atoms with van der Waals surface area (Å²) in [6.45, 7) is 2.01. The molecular formula is C15H15BrN2OS. The van der Waals surface area contributed by atoms with Gasteiger partial charge in [-0.25, -0.2) is 0 Å². The maximum atomic E-state index is 5.79. The summed E-state index contributed by atoms with van der Waals surface area (Å²) in [5, 5.41) is 3.32. The summed E-state index contributed by atoms with van der Waals surface area (Å²) in [6, 6.07) is 11.7. The predicted molar refractivity (Wildman–Crippen MR) is 91.0 cm³/mol. The van der Waals surface area contributed by atoms with Gasteiger partial charge in [-0.15, -0.1) is 0 Å². The van der Waals surface area contributed by atoms with Crippen molar-refractivity contribution >= 4 is 44.5 Å². The molecule has 0 saturated carbocycles. The number of halogens is 1. The summed E-state index contributed by atoms with van der Waals surface area (Å²) >= 11 is 8.56. The molecule has 0 amide bonds. The number of nitrogens with one attached hydrogen (secondary N) is 1. The maximum Gasteiger partial charge on any atom is 0.142 e. The number of ether oxygens (including phenoxy) is 1. The summed E-state index contributed by atoms with van der Waals surface area (Å²) in [6.07, 6.45) is 0. The van der Waals surface area contributed by atoms with E-state index in [1.165, 1.54) is 0 Å². The zero-order chi connectivity index (χ0) is 14.7. The van der Waals surface area contributed by atoms with Gasteiger partial charge < -0.3 is 15.8 Å². The largest absolute Gasteiger partial charge is 0.495 e. The molecule has 0 aliphatic carbocycles. The number of benzene rings is 2. The third kappa shape index (κ3) is 3.29.